The summed E-state index contributed by atoms with van der Waals surface area (Å²) in [7, 11) is 0. The van der Waals surface area contributed by atoms with Gasteiger partial charge in [-0.3, -0.25) is 14.4 Å². The summed E-state index contributed by atoms with van der Waals surface area (Å²) >= 11 is 8.26. The Morgan fingerprint density at radius 1 is 0.711 bits per heavy atom. The van der Waals surface area contributed by atoms with Gasteiger partial charge in [0.25, 0.3) is 0 Å². The minimum Gasteiger partial charge on any atom is -0.303 e. The molecule has 0 spiro atoms. The minimum atomic E-state index is -0.361. The van der Waals surface area contributed by atoms with Crippen LogP contribution in [0.1, 0.15) is 86.3 Å². The Bertz CT molecular complexity index is 1210. The maximum Gasteiger partial charge on any atom is 0.216 e. The van der Waals surface area contributed by atoms with Crippen molar-refractivity contribution in [3.05, 3.63) is 57.6 Å². The van der Waals surface area contributed by atoms with E-state index in [2.05, 4.69) is 35.1 Å². The molecule has 3 aliphatic rings. The lowest BCUT2D eigenvalue weighted by atomic mass is 9.88. The lowest BCUT2D eigenvalue weighted by Gasteiger charge is -2.28. The first-order chi connectivity index (χ1) is 17.4. The summed E-state index contributed by atoms with van der Waals surface area (Å²) in [6.07, 6.45) is 8.76. The number of likely N-dealkylation sites (tertiary alicyclic amines) is 2. The molecule has 2 heterocycles. The van der Waals surface area contributed by atoms with Crippen LogP contribution in [0.5, 0.6) is 0 Å². The second-order valence-corrected chi connectivity index (χ2v) is 11.1. The number of nitrogens with zero attached hydrogens (tertiary/aromatic N) is 2. The molecule has 2 saturated heterocycles. The van der Waals surface area contributed by atoms with Gasteiger partial charge in [-0.1, -0.05) is 18.9 Å². The van der Waals surface area contributed by atoms with Gasteiger partial charge in [-0.25, -0.2) is 0 Å². The number of piperidine rings is 2. The van der Waals surface area contributed by atoms with Crippen molar-refractivity contribution in [3.8, 4) is 11.1 Å². The summed E-state index contributed by atoms with van der Waals surface area (Å²) in [5, 5.41) is -0.629. The van der Waals surface area contributed by atoms with Crippen molar-refractivity contribution >= 4 is 66.1 Å². The normalized spacial score (nSPS) is 17.3. The maximum absolute atomic E-state index is 13.7. The van der Waals surface area contributed by atoms with E-state index < -0.39 is 0 Å². The highest BCUT2D eigenvalue weighted by Gasteiger charge is 2.34. The molecular weight excluding hydrogens is 559 g/mol. The van der Waals surface area contributed by atoms with Crippen LogP contribution in [0.3, 0.4) is 0 Å². The fourth-order valence-corrected chi connectivity index (χ4v) is 6.55. The van der Waals surface area contributed by atoms with Crippen molar-refractivity contribution < 1.29 is 14.4 Å². The van der Waals surface area contributed by atoms with E-state index in [4.69, 9.17) is 0 Å². The first kappa shape index (κ1) is 31.2. The second kappa shape index (κ2) is 13.8. The molecule has 206 valence electrons. The number of carbonyl (C=O) groups excluding carboxylic acids is 3. The van der Waals surface area contributed by atoms with Crippen molar-refractivity contribution in [2.24, 2.45) is 0 Å². The molecule has 38 heavy (non-hydrogen) atoms. The molecule has 0 saturated carbocycles. The summed E-state index contributed by atoms with van der Waals surface area (Å²) in [5.74, 6) is -0.108. The smallest absolute Gasteiger partial charge is 0.216 e. The molecule has 2 aromatic carbocycles. The number of fused-ring (bicyclic) bond motifs is 3. The van der Waals surface area contributed by atoms with E-state index in [1.54, 1.807) is 12.1 Å². The Morgan fingerprint density at radius 3 is 1.84 bits per heavy atom. The molecule has 0 aromatic heterocycles. The van der Waals surface area contributed by atoms with Crippen molar-refractivity contribution in [1.29, 1.82) is 0 Å². The van der Waals surface area contributed by atoms with Crippen LogP contribution in [0.25, 0.3) is 11.1 Å². The monoisotopic (exact) mass is 594 g/mol. The largest absolute Gasteiger partial charge is 0.303 e. The highest BCUT2D eigenvalue weighted by atomic mass is 35.5. The Hall–Kier alpha value is -1.35. The number of hydrogen-bond donors (Lipinski definition) is 2. The zero-order valence-electron chi connectivity index (χ0n) is 21.5. The molecule has 0 radical (unpaired) electrons. The van der Waals surface area contributed by atoms with Crippen LogP contribution in [0, 0.1) is 0 Å². The van der Waals surface area contributed by atoms with Gasteiger partial charge in [0.15, 0.2) is 5.78 Å². The van der Waals surface area contributed by atoms with Crippen molar-refractivity contribution in [3.63, 3.8) is 0 Å². The van der Waals surface area contributed by atoms with Crippen molar-refractivity contribution in [1.82, 2.24) is 9.80 Å². The number of hydrogen-bond acceptors (Lipinski definition) is 5. The van der Waals surface area contributed by atoms with Crippen molar-refractivity contribution in [2.75, 3.05) is 39.3 Å². The number of carbonyl (C=O) groups is 3. The van der Waals surface area contributed by atoms with Gasteiger partial charge in [0, 0.05) is 35.3 Å². The van der Waals surface area contributed by atoms with Crippen LogP contribution in [-0.2, 0) is 12.8 Å². The van der Waals surface area contributed by atoms with Gasteiger partial charge in [0.05, 0.1) is 0 Å². The quantitative estimate of drug-likeness (QED) is 0.316. The average Bonchev–Trinajstić information content (AvgIpc) is 3.17. The molecule has 0 amide bonds. The first-order valence-corrected chi connectivity index (χ1v) is 14.1. The van der Waals surface area contributed by atoms with Crippen molar-refractivity contribution in [2.45, 2.75) is 51.4 Å². The van der Waals surface area contributed by atoms with Crippen LogP contribution < -0.4 is 0 Å². The molecule has 5 nitrogen and oxygen atoms in total. The predicted octanol–water partition coefficient (Wildman–Crippen LogP) is 5.94. The van der Waals surface area contributed by atoms with Gasteiger partial charge in [-0.15, -0.1) is 50.1 Å². The summed E-state index contributed by atoms with van der Waals surface area (Å²) in [6, 6.07) is 7.28. The van der Waals surface area contributed by atoms with E-state index in [-0.39, 0.29) is 40.8 Å². The molecule has 0 atom stereocenters. The number of benzene rings is 2. The average molecular weight is 596 g/mol. The SMILES string of the molecule is Cl.Cl.O=C(S)c1ccc2c(c1)C(=O)c1c-2cc(CCN2CCCCC2)c(C(=O)S)c1CCN1CCCCC1. The number of rotatable bonds is 8. The van der Waals surface area contributed by atoms with Gasteiger partial charge in [-0.05, 0) is 105 Å². The van der Waals surface area contributed by atoms with E-state index >= 15 is 0 Å². The molecule has 2 aliphatic heterocycles. The zero-order chi connectivity index (χ0) is 25.2. The van der Waals surface area contributed by atoms with Gasteiger partial charge in [0.1, 0.15) is 0 Å². The van der Waals surface area contributed by atoms with Gasteiger partial charge in [0.2, 0.25) is 10.2 Å². The van der Waals surface area contributed by atoms with Crippen LogP contribution in [0.15, 0.2) is 24.3 Å². The number of thiol groups is 2. The number of ketones is 1. The Labute approximate surface area is 248 Å². The molecule has 1 aliphatic carbocycles. The summed E-state index contributed by atoms with van der Waals surface area (Å²) in [6.45, 7) is 6.02. The molecule has 0 N–H and O–H groups in total. The molecule has 9 heteroatoms. The van der Waals surface area contributed by atoms with E-state index in [0.29, 0.717) is 28.7 Å². The Morgan fingerprint density at radius 2 is 1.29 bits per heavy atom. The molecule has 5 rings (SSSR count). The zero-order valence-corrected chi connectivity index (χ0v) is 25.0. The fourth-order valence-electron chi connectivity index (χ4n) is 6.13. The topological polar surface area (TPSA) is 57.7 Å². The van der Waals surface area contributed by atoms with E-state index in [1.807, 2.05) is 12.1 Å². The molecule has 2 fully saturated rings. The maximum atomic E-state index is 13.7. The third-order valence-corrected chi connectivity index (χ3v) is 8.51. The van der Waals surface area contributed by atoms with E-state index in [0.717, 1.165) is 67.9 Å². The predicted molar refractivity (Wildman–Crippen MR) is 164 cm³/mol. The van der Waals surface area contributed by atoms with Crippen LogP contribution >= 0.6 is 50.1 Å². The first-order valence-electron chi connectivity index (χ1n) is 13.2. The van der Waals surface area contributed by atoms with Gasteiger partial charge >= 0.3 is 0 Å². The third kappa shape index (κ3) is 6.51. The molecule has 0 bridgehead atoms. The Balaban J connectivity index is 0.00000200. The highest BCUT2D eigenvalue weighted by molar-refractivity contribution is 7.97. The molecule has 0 unspecified atom stereocenters. The lowest BCUT2D eigenvalue weighted by Crippen LogP contribution is -2.32. The van der Waals surface area contributed by atoms with Crippen LogP contribution in [-0.4, -0.2) is 65.1 Å². The third-order valence-electron chi connectivity index (χ3n) is 8.03. The summed E-state index contributed by atoms with van der Waals surface area (Å²) < 4.78 is 0. The fraction of sp³-hybridized carbons (Fsp3) is 0.483. The van der Waals surface area contributed by atoms with Gasteiger partial charge < -0.3 is 9.80 Å². The Kier molecular flexibility index (Phi) is 11.3. The van der Waals surface area contributed by atoms with E-state index in [9.17, 15) is 14.4 Å². The second-order valence-electron chi connectivity index (χ2n) is 10.3. The summed E-state index contributed by atoms with van der Waals surface area (Å²) in [4.78, 5) is 43.5. The highest BCUT2D eigenvalue weighted by Crippen LogP contribution is 2.42. The van der Waals surface area contributed by atoms with Crippen LogP contribution in [0.4, 0.5) is 0 Å². The minimum absolute atomic E-state index is 0. The van der Waals surface area contributed by atoms with Crippen LogP contribution in [0.2, 0.25) is 0 Å². The van der Waals surface area contributed by atoms with Gasteiger partial charge in [-0.2, -0.15) is 0 Å². The van der Waals surface area contributed by atoms with E-state index in [1.165, 1.54) is 38.5 Å². The molecule has 2 aromatic rings. The number of halogens is 2. The standard InChI is InChI=1S/C29H34N2O3S2.2ClH/c32-27-24-18-20(28(33)35)7-8-21(24)23-17-19(9-15-30-11-3-1-4-12-30)25(29(34)36)22(26(23)27)10-16-31-13-5-2-6-14-31;;/h7-8,17-18H,1-6,9-16H2,(H,33,35)(H,34,36);2*1H. The molecular formula is C29H36Cl2N2O3S2. The lowest BCUT2D eigenvalue weighted by molar-refractivity contribution is 0.104. The summed E-state index contributed by atoms with van der Waals surface area (Å²) in [5.41, 5.74) is 5.68.